The Balaban J connectivity index is 1.40. The molecule has 5 heterocycles. The van der Waals surface area contributed by atoms with Gasteiger partial charge in [-0.25, -0.2) is 14.6 Å². The molecule has 34 heavy (non-hydrogen) atoms. The number of fused-ring (bicyclic) bond motifs is 3. The number of alkyl halides is 3. The number of hydrogen-bond donors (Lipinski definition) is 3. The van der Waals surface area contributed by atoms with Crippen molar-refractivity contribution in [2.24, 2.45) is 0 Å². The summed E-state index contributed by atoms with van der Waals surface area (Å²) in [6.45, 7) is 1.81. The van der Waals surface area contributed by atoms with Gasteiger partial charge in [0.1, 0.15) is 17.4 Å². The third-order valence-electron chi connectivity index (χ3n) is 6.32. The molecule has 174 valence electrons. The number of nitrogens with zero attached hydrogens (tertiary/aromatic N) is 5. The number of phenols is 1. The van der Waals surface area contributed by atoms with Crippen molar-refractivity contribution >= 4 is 28.4 Å². The van der Waals surface area contributed by atoms with E-state index in [1.165, 1.54) is 6.07 Å². The maximum Gasteiger partial charge on any atom is 0.416 e. The van der Waals surface area contributed by atoms with E-state index in [0.29, 0.717) is 28.8 Å². The molecule has 0 saturated carbocycles. The van der Waals surface area contributed by atoms with Crippen molar-refractivity contribution in [3.8, 4) is 11.4 Å². The quantitative estimate of drug-likeness (QED) is 0.420. The Morgan fingerprint density at radius 1 is 1.06 bits per heavy atom. The highest BCUT2D eigenvalue weighted by molar-refractivity contribution is 5.93. The Labute approximate surface area is 192 Å². The second-order valence-electron chi connectivity index (χ2n) is 8.53. The largest absolute Gasteiger partial charge is 0.508 e. The third-order valence-corrected chi connectivity index (χ3v) is 6.32. The fourth-order valence-corrected chi connectivity index (χ4v) is 4.73. The standard InChI is InChI=1S/C23H20F3N7O/c24-23(25,26)13-3-5-27-20(7-13)30-22-18-2-1-17(34)10-19(18)33(31-22)15-4-6-28-21(9-15)32-12-14-8-16(32)11-29-14/h1-7,9-10,14,16,29,34H,8,11-12H2,(H,27,30,31)/t14-,16-/m0/s1. The van der Waals surface area contributed by atoms with Gasteiger partial charge in [0, 0.05) is 55.1 Å². The van der Waals surface area contributed by atoms with Crippen LogP contribution in [0.3, 0.4) is 0 Å². The van der Waals surface area contributed by atoms with Crippen LogP contribution in [0, 0.1) is 0 Å². The average molecular weight is 467 g/mol. The molecule has 2 fully saturated rings. The molecule has 0 unspecified atom stereocenters. The number of benzene rings is 1. The van der Waals surface area contributed by atoms with Gasteiger partial charge in [0.05, 0.1) is 16.8 Å². The zero-order valence-corrected chi connectivity index (χ0v) is 17.8. The molecule has 8 nitrogen and oxygen atoms in total. The van der Waals surface area contributed by atoms with E-state index < -0.39 is 11.7 Å². The Hall–Kier alpha value is -3.86. The van der Waals surface area contributed by atoms with E-state index in [1.54, 1.807) is 29.1 Å². The van der Waals surface area contributed by atoms with Crippen LogP contribution in [-0.4, -0.2) is 50.0 Å². The molecule has 2 aliphatic heterocycles. The van der Waals surface area contributed by atoms with Crippen molar-refractivity contribution in [1.82, 2.24) is 25.1 Å². The molecule has 6 rings (SSSR count). The second kappa shape index (κ2) is 7.59. The molecule has 2 aliphatic rings. The molecule has 2 saturated heterocycles. The first-order valence-electron chi connectivity index (χ1n) is 10.8. The third kappa shape index (κ3) is 3.58. The van der Waals surface area contributed by atoms with Crippen molar-refractivity contribution in [1.29, 1.82) is 0 Å². The molecule has 0 radical (unpaired) electrons. The number of anilines is 3. The molecule has 0 spiro atoms. The van der Waals surface area contributed by atoms with Crippen molar-refractivity contribution in [2.45, 2.75) is 24.7 Å². The summed E-state index contributed by atoms with van der Waals surface area (Å²) in [5, 5.41) is 21.7. The van der Waals surface area contributed by atoms with Crippen LogP contribution in [0.5, 0.6) is 5.75 Å². The molecule has 4 aromatic rings. The highest BCUT2D eigenvalue weighted by atomic mass is 19.4. The highest BCUT2D eigenvalue weighted by Crippen LogP contribution is 2.34. The number of rotatable bonds is 4. The smallest absolute Gasteiger partial charge is 0.416 e. The maximum atomic E-state index is 13.1. The van der Waals surface area contributed by atoms with Crippen LogP contribution in [0.1, 0.15) is 12.0 Å². The van der Waals surface area contributed by atoms with Gasteiger partial charge in [0.25, 0.3) is 0 Å². The zero-order valence-electron chi connectivity index (χ0n) is 17.8. The fraction of sp³-hybridized carbons (Fsp3) is 0.261. The van der Waals surface area contributed by atoms with Crippen LogP contribution in [0.15, 0.2) is 54.9 Å². The first-order valence-corrected chi connectivity index (χ1v) is 10.8. The Morgan fingerprint density at radius 2 is 1.91 bits per heavy atom. The van der Waals surface area contributed by atoms with E-state index in [9.17, 15) is 18.3 Å². The van der Waals surface area contributed by atoms with Crippen molar-refractivity contribution in [3.63, 3.8) is 0 Å². The lowest BCUT2D eigenvalue weighted by atomic mass is 10.2. The Bertz CT molecular complexity index is 1390. The van der Waals surface area contributed by atoms with Crippen molar-refractivity contribution in [3.05, 3.63) is 60.4 Å². The molecular weight excluding hydrogens is 447 g/mol. The topological polar surface area (TPSA) is 91.1 Å². The number of piperazine rings is 1. The number of aromatic nitrogens is 4. The van der Waals surface area contributed by atoms with Crippen LogP contribution >= 0.6 is 0 Å². The SMILES string of the molecule is Oc1ccc2c(Nc3cc(C(F)(F)F)ccn3)nn(-c3ccnc(N4C[C@@H]5C[C@H]4CN5)c3)c2c1. The van der Waals surface area contributed by atoms with Gasteiger partial charge in [-0.05, 0) is 36.8 Å². The summed E-state index contributed by atoms with van der Waals surface area (Å²) in [7, 11) is 0. The minimum absolute atomic E-state index is 0.0189. The number of pyridine rings is 2. The first-order chi connectivity index (χ1) is 16.3. The van der Waals surface area contributed by atoms with E-state index in [0.717, 1.165) is 49.3 Å². The minimum atomic E-state index is -4.48. The number of aromatic hydroxyl groups is 1. The first kappa shape index (κ1) is 20.7. The van der Waals surface area contributed by atoms with Gasteiger partial charge in [-0.2, -0.15) is 13.2 Å². The van der Waals surface area contributed by atoms with Crippen molar-refractivity contribution < 1.29 is 18.3 Å². The summed E-state index contributed by atoms with van der Waals surface area (Å²) in [4.78, 5) is 10.8. The molecule has 0 aliphatic carbocycles. The van der Waals surface area contributed by atoms with Crippen LogP contribution in [0.4, 0.5) is 30.6 Å². The summed E-state index contributed by atoms with van der Waals surface area (Å²) in [6.07, 6.45) is -0.584. The number of phenolic OH excluding ortho intramolecular Hbond substituents is 1. The normalized spacial score (nSPS) is 19.8. The van der Waals surface area contributed by atoms with E-state index in [1.807, 2.05) is 6.07 Å². The van der Waals surface area contributed by atoms with Gasteiger partial charge >= 0.3 is 6.18 Å². The van der Waals surface area contributed by atoms with Crippen LogP contribution in [0.25, 0.3) is 16.6 Å². The fourth-order valence-electron chi connectivity index (χ4n) is 4.73. The van der Waals surface area contributed by atoms with E-state index in [4.69, 9.17) is 0 Å². The molecular formula is C23H20F3N7O. The van der Waals surface area contributed by atoms with Crippen LogP contribution < -0.4 is 15.5 Å². The van der Waals surface area contributed by atoms with Crippen LogP contribution in [0.2, 0.25) is 0 Å². The maximum absolute atomic E-state index is 13.1. The summed E-state index contributed by atoms with van der Waals surface area (Å²) < 4.78 is 41.0. The molecule has 3 aromatic heterocycles. The van der Waals surface area contributed by atoms with Crippen LogP contribution in [-0.2, 0) is 6.18 Å². The molecule has 11 heteroatoms. The molecule has 2 atom stereocenters. The van der Waals surface area contributed by atoms with Gasteiger partial charge in [-0.15, -0.1) is 5.10 Å². The lowest BCUT2D eigenvalue weighted by Crippen LogP contribution is -2.44. The average Bonchev–Trinajstić information content (AvgIpc) is 3.54. The summed E-state index contributed by atoms with van der Waals surface area (Å²) in [5.74, 6) is 1.23. The number of hydrogen-bond acceptors (Lipinski definition) is 7. The summed E-state index contributed by atoms with van der Waals surface area (Å²) in [6, 6.07) is 11.2. The lowest BCUT2D eigenvalue weighted by Gasteiger charge is -2.28. The van der Waals surface area contributed by atoms with Gasteiger partial charge in [-0.1, -0.05) is 0 Å². The molecule has 0 amide bonds. The van der Waals surface area contributed by atoms with E-state index in [2.05, 4.69) is 30.6 Å². The predicted molar refractivity (Wildman–Crippen MR) is 121 cm³/mol. The monoisotopic (exact) mass is 467 g/mol. The van der Waals surface area contributed by atoms with Crippen molar-refractivity contribution in [2.75, 3.05) is 23.3 Å². The van der Waals surface area contributed by atoms with E-state index >= 15 is 0 Å². The Kier molecular flexibility index (Phi) is 4.63. The highest BCUT2D eigenvalue weighted by Gasteiger charge is 2.38. The number of nitrogens with one attached hydrogen (secondary N) is 2. The molecule has 2 bridgehead atoms. The Morgan fingerprint density at radius 3 is 2.68 bits per heavy atom. The lowest BCUT2D eigenvalue weighted by molar-refractivity contribution is -0.137. The predicted octanol–water partition coefficient (Wildman–Crippen LogP) is 3.83. The molecule has 3 N–H and O–H groups in total. The van der Waals surface area contributed by atoms with Gasteiger partial charge < -0.3 is 20.6 Å². The minimum Gasteiger partial charge on any atom is -0.508 e. The number of halogens is 3. The second-order valence-corrected chi connectivity index (χ2v) is 8.53. The summed E-state index contributed by atoms with van der Waals surface area (Å²) >= 11 is 0. The van der Waals surface area contributed by atoms with Gasteiger partial charge in [0.2, 0.25) is 0 Å². The van der Waals surface area contributed by atoms with Gasteiger partial charge in [-0.3, -0.25) is 0 Å². The van der Waals surface area contributed by atoms with E-state index in [-0.39, 0.29) is 11.6 Å². The molecule has 1 aromatic carbocycles. The van der Waals surface area contributed by atoms with Gasteiger partial charge in [0.15, 0.2) is 5.82 Å². The zero-order chi connectivity index (χ0) is 23.4. The summed E-state index contributed by atoms with van der Waals surface area (Å²) in [5.41, 5.74) is 0.511.